The number of carbonyl (C=O) groups excluding carboxylic acids is 2. The van der Waals surface area contributed by atoms with Crippen molar-refractivity contribution in [3.05, 3.63) is 16.6 Å². The second kappa shape index (κ2) is 5.64. The van der Waals surface area contributed by atoms with E-state index in [9.17, 15) is 9.59 Å². The van der Waals surface area contributed by atoms with Gasteiger partial charge >= 0.3 is 0 Å². The van der Waals surface area contributed by atoms with Crippen LogP contribution in [0.2, 0.25) is 0 Å². The average Bonchev–Trinajstić information content (AvgIpc) is 2.84. The molecule has 0 saturated carbocycles. The number of thiazole rings is 1. The van der Waals surface area contributed by atoms with Crippen LogP contribution in [0.15, 0.2) is 10.9 Å². The van der Waals surface area contributed by atoms with Crippen molar-refractivity contribution < 1.29 is 9.59 Å². The van der Waals surface area contributed by atoms with Gasteiger partial charge in [0.25, 0.3) is 0 Å². The summed E-state index contributed by atoms with van der Waals surface area (Å²) in [4.78, 5) is 28.7. The molecule has 2 heterocycles. The van der Waals surface area contributed by atoms with Crippen molar-refractivity contribution in [2.75, 3.05) is 13.1 Å². The zero-order valence-electron chi connectivity index (χ0n) is 9.59. The SMILES string of the molecule is CC(=O)SC1CC(=O)N(CCc2cscn2)C1. The lowest BCUT2D eigenvalue weighted by molar-refractivity contribution is -0.127. The Morgan fingerprint density at radius 3 is 3.18 bits per heavy atom. The number of likely N-dealkylation sites (tertiary alicyclic amines) is 1. The molecule has 1 aliphatic rings. The first-order valence-electron chi connectivity index (χ1n) is 5.47. The molecule has 1 unspecified atom stereocenters. The molecule has 2 rings (SSSR count). The maximum absolute atomic E-state index is 11.7. The summed E-state index contributed by atoms with van der Waals surface area (Å²) in [7, 11) is 0. The fraction of sp³-hybridized carbons (Fsp3) is 0.545. The third-order valence-corrected chi connectivity index (χ3v) is 4.25. The molecular formula is C11H14N2O2S2. The third-order valence-electron chi connectivity index (χ3n) is 2.63. The van der Waals surface area contributed by atoms with Crippen molar-refractivity contribution in [3.8, 4) is 0 Å². The Kier molecular flexibility index (Phi) is 4.17. The smallest absolute Gasteiger partial charge is 0.223 e. The number of carbonyl (C=O) groups is 2. The van der Waals surface area contributed by atoms with E-state index in [4.69, 9.17) is 0 Å². The molecule has 1 aliphatic heterocycles. The number of rotatable bonds is 4. The van der Waals surface area contributed by atoms with Gasteiger partial charge in [-0.15, -0.1) is 11.3 Å². The Labute approximate surface area is 108 Å². The number of hydrogen-bond donors (Lipinski definition) is 0. The number of hydrogen-bond acceptors (Lipinski definition) is 5. The molecule has 0 aromatic carbocycles. The summed E-state index contributed by atoms with van der Waals surface area (Å²) in [6.07, 6.45) is 1.29. The van der Waals surface area contributed by atoms with E-state index in [0.717, 1.165) is 12.1 Å². The highest BCUT2D eigenvalue weighted by atomic mass is 32.2. The van der Waals surface area contributed by atoms with Crippen molar-refractivity contribution in [1.29, 1.82) is 0 Å². The normalized spacial score (nSPS) is 19.9. The van der Waals surface area contributed by atoms with Crippen LogP contribution >= 0.6 is 23.1 Å². The minimum absolute atomic E-state index is 0.0872. The lowest BCUT2D eigenvalue weighted by Gasteiger charge is -2.15. The largest absolute Gasteiger partial charge is 0.341 e. The van der Waals surface area contributed by atoms with E-state index in [1.54, 1.807) is 23.8 Å². The molecule has 1 atom stereocenters. The molecule has 1 amide bonds. The molecule has 92 valence electrons. The molecule has 17 heavy (non-hydrogen) atoms. The van der Waals surface area contributed by atoms with Gasteiger partial charge in [0.2, 0.25) is 5.91 Å². The van der Waals surface area contributed by atoms with Gasteiger partial charge in [0.15, 0.2) is 5.12 Å². The topological polar surface area (TPSA) is 50.3 Å². The molecule has 0 spiro atoms. The van der Waals surface area contributed by atoms with Gasteiger partial charge in [0, 0.05) is 43.5 Å². The van der Waals surface area contributed by atoms with E-state index < -0.39 is 0 Å². The Morgan fingerprint density at radius 1 is 1.71 bits per heavy atom. The van der Waals surface area contributed by atoms with Crippen LogP contribution in [0.3, 0.4) is 0 Å². The van der Waals surface area contributed by atoms with Crippen molar-refractivity contribution in [2.45, 2.75) is 25.0 Å². The molecule has 0 radical (unpaired) electrons. The molecule has 1 aromatic rings. The Balaban J connectivity index is 1.82. The quantitative estimate of drug-likeness (QED) is 0.833. The highest BCUT2D eigenvalue weighted by Crippen LogP contribution is 2.24. The average molecular weight is 270 g/mol. The third kappa shape index (κ3) is 3.54. The van der Waals surface area contributed by atoms with Crippen LogP contribution < -0.4 is 0 Å². The Morgan fingerprint density at radius 2 is 2.53 bits per heavy atom. The summed E-state index contributed by atoms with van der Waals surface area (Å²) in [5.74, 6) is 0.152. The fourth-order valence-corrected chi connectivity index (χ4v) is 3.42. The molecule has 1 fully saturated rings. The molecule has 0 aliphatic carbocycles. The van der Waals surface area contributed by atoms with Gasteiger partial charge in [-0.05, 0) is 0 Å². The summed E-state index contributed by atoms with van der Waals surface area (Å²) < 4.78 is 0. The highest BCUT2D eigenvalue weighted by Gasteiger charge is 2.30. The second-order valence-electron chi connectivity index (χ2n) is 4.01. The second-order valence-corrected chi connectivity index (χ2v) is 6.20. The molecule has 4 nitrogen and oxygen atoms in total. The maximum Gasteiger partial charge on any atom is 0.223 e. The van der Waals surface area contributed by atoms with E-state index in [0.29, 0.717) is 19.5 Å². The van der Waals surface area contributed by atoms with Crippen LogP contribution in [-0.2, 0) is 16.0 Å². The van der Waals surface area contributed by atoms with Crippen LogP contribution in [0, 0.1) is 0 Å². The van der Waals surface area contributed by atoms with Crippen molar-refractivity contribution >= 4 is 34.1 Å². The minimum atomic E-state index is 0.0872. The predicted octanol–water partition coefficient (Wildman–Crippen LogP) is 1.57. The van der Waals surface area contributed by atoms with Gasteiger partial charge in [0.05, 0.1) is 11.2 Å². The van der Waals surface area contributed by atoms with Crippen LogP contribution in [0.5, 0.6) is 0 Å². The summed E-state index contributed by atoms with van der Waals surface area (Å²) in [6.45, 7) is 2.94. The number of thioether (sulfide) groups is 1. The predicted molar refractivity (Wildman–Crippen MR) is 69.1 cm³/mol. The van der Waals surface area contributed by atoms with Crippen molar-refractivity contribution in [3.63, 3.8) is 0 Å². The van der Waals surface area contributed by atoms with E-state index in [1.165, 1.54) is 11.8 Å². The van der Waals surface area contributed by atoms with Gasteiger partial charge in [0.1, 0.15) is 0 Å². The summed E-state index contributed by atoms with van der Waals surface area (Å²) in [5, 5.41) is 2.22. The lowest BCUT2D eigenvalue weighted by atomic mass is 10.3. The van der Waals surface area contributed by atoms with Crippen LogP contribution in [0.4, 0.5) is 0 Å². The standard InChI is InChI=1S/C11H14N2O2S2/c1-8(14)17-10-4-11(15)13(5-10)3-2-9-6-16-7-12-9/h6-7,10H,2-5H2,1H3. The van der Waals surface area contributed by atoms with Gasteiger partial charge < -0.3 is 4.90 Å². The van der Waals surface area contributed by atoms with E-state index in [1.807, 2.05) is 10.3 Å². The monoisotopic (exact) mass is 270 g/mol. The highest BCUT2D eigenvalue weighted by molar-refractivity contribution is 8.14. The summed E-state index contributed by atoms with van der Waals surface area (Å²) in [6, 6.07) is 0. The van der Waals surface area contributed by atoms with Crippen LogP contribution in [0.25, 0.3) is 0 Å². The first-order valence-corrected chi connectivity index (χ1v) is 7.29. The van der Waals surface area contributed by atoms with E-state index in [2.05, 4.69) is 4.98 Å². The Bertz CT molecular complexity index is 406. The van der Waals surface area contributed by atoms with Crippen LogP contribution in [0.1, 0.15) is 19.0 Å². The number of amides is 1. The summed E-state index contributed by atoms with van der Waals surface area (Å²) >= 11 is 2.85. The molecule has 1 aromatic heterocycles. The maximum atomic E-state index is 11.7. The number of nitrogens with zero attached hydrogens (tertiary/aromatic N) is 2. The first-order chi connectivity index (χ1) is 8.15. The lowest BCUT2D eigenvalue weighted by Crippen LogP contribution is -2.28. The van der Waals surface area contributed by atoms with Gasteiger partial charge in [-0.2, -0.15) is 0 Å². The van der Waals surface area contributed by atoms with E-state index >= 15 is 0 Å². The van der Waals surface area contributed by atoms with Gasteiger partial charge in [-0.3, -0.25) is 9.59 Å². The van der Waals surface area contributed by atoms with E-state index in [-0.39, 0.29) is 16.3 Å². The van der Waals surface area contributed by atoms with Gasteiger partial charge in [-0.25, -0.2) is 4.98 Å². The number of aromatic nitrogens is 1. The molecule has 6 heteroatoms. The van der Waals surface area contributed by atoms with Crippen molar-refractivity contribution in [2.24, 2.45) is 0 Å². The zero-order valence-corrected chi connectivity index (χ0v) is 11.2. The molecule has 0 N–H and O–H groups in total. The fourth-order valence-electron chi connectivity index (χ4n) is 1.88. The minimum Gasteiger partial charge on any atom is -0.341 e. The van der Waals surface area contributed by atoms with Crippen molar-refractivity contribution in [1.82, 2.24) is 9.88 Å². The molecule has 1 saturated heterocycles. The molecule has 0 bridgehead atoms. The van der Waals surface area contributed by atoms with Crippen LogP contribution in [-0.4, -0.2) is 39.2 Å². The molecular weight excluding hydrogens is 256 g/mol. The summed E-state index contributed by atoms with van der Waals surface area (Å²) in [5.41, 5.74) is 2.83. The van der Waals surface area contributed by atoms with Gasteiger partial charge in [-0.1, -0.05) is 11.8 Å². The first kappa shape index (κ1) is 12.6. The Hall–Kier alpha value is -0.880. The zero-order chi connectivity index (χ0) is 12.3.